The van der Waals surface area contributed by atoms with Crippen molar-refractivity contribution < 1.29 is 14.8 Å². The number of carboxylic acids is 1. The van der Waals surface area contributed by atoms with Crippen LogP contribution in [0, 0.1) is 10.1 Å². The number of nitrogens with zero attached hydrogens (tertiary/aromatic N) is 2. The van der Waals surface area contributed by atoms with Crippen molar-refractivity contribution in [2.24, 2.45) is 0 Å². The molecule has 0 radical (unpaired) electrons. The molecule has 1 unspecified atom stereocenters. The van der Waals surface area contributed by atoms with Crippen LogP contribution in [0.25, 0.3) is 10.1 Å². The minimum Gasteiger partial charge on any atom is -0.478 e. The van der Waals surface area contributed by atoms with Crippen LogP contribution in [0.15, 0.2) is 46.5 Å². The summed E-state index contributed by atoms with van der Waals surface area (Å²) in [4.78, 5) is 26.8. The topological polar surface area (TPSA) is 105 Å². The molecule has 1 atom stereocenters. The molecule has 2 aromatic heterocycles. The lowest BCUT2D eigenvalue weighted by atomic mass is 9.84. The third-order valence-electron chi connectivity index (χ3n) is 3.87. The van der Waals surface area contributed by atoms with E-state index in [2.05, 4.69) is 10.3 Å². The molecule has 3 rings (SSSR count). The van der Waals surface area contributed by atoms with E-state index in [1.807, 2.05) is 6.07 Å². The summed E-state index contributed by atoms with van der Waals surface area (Å²) in [5.41, 5.74) is 1.21. The highest BCUT2D eigenvalue weighted by Crippen LogP contribution is 2.42. The van der Waals surface area contributed by atoms with Crippen molar-refractivity contribution in [3.05, 3.63) is 62.2 Å². The van der Waals surface area contributed by atoms with Crippen molar-refractivity contribution in [2.75, 3.05) is 0 Å². The van der Waals surface area contributed by atoms with Gasteiger partial charge in [0, 0.05) is 28.2 Å². The van der Waals surface area contributed by atoms with Crippen LogP contribution in [0.4, 0.5) is 0 Å². The van der Waals surface area contributed by atoms with Crippen molar-refractivity contribution in [1.29, 1.82) is 0 Å². The van der Waals surface area contributed by atoms with Gasteiger partial charge in [-0.05, 0) is 30.9 Å². The first-order valence-corrected chi connectivity index (χ1v) is 7.67. The van der Waals surface area contributed by atoms with Gasteiger partial charge < -0.3 is 10.4 Å². The second kappa shape index (κ2) is 5.47. The number of aromatic nitrogens is 1. The average molecular weight is 331 g/mol. The van der Waals surface area contributed by atoms with Crippen molar-refractivity contribution in [3.63, 3.8) is 0 Å². The standard InChI is InChI=1S/C15H13N3O4S/c1-7-12(15(19)20)13(14(18(21)22)8(2)17-7)10-6-23-11-3-4-16-5-9(10)11/h3-6,13,17H,1-2H3,(H,19,20). The van der Waals surface area contributed by atoms with E-state index in [1.54, 1.807) is 31.6 Å². The lowest BCUT2D eigenvalue weighted by Gasteiger charge is -2.24. The van der Waals surface area contributed by atoms with E-state index in [4.69, 9.17) is 0 Å². The Bertz CT molecular complexity index is 861. The number of carboxylic acid groups (broad SMARTS) is 1. The lowest BCUT2D eigenvalue weighted by molar-refractivity contribution is -0.431. The Labute approximate surface area is 135 Å². The fourth-order valence-electron chi connectivity index (χ4n) is 2.93. The van der Waals surface area contributed by atoms with Crippen molar-refractivity contribution >= 4 is 27.4 Å². The number of dihydropyridines is 1. The van der Waals surface area contributed by atoms with Gasteiger partial charge in [-0.3, -0.25) is 15.1 Å². The molecule has 0 fully saturated rings. The zero-order valence-corrected chi connectivity index (χ0v) is 13.2. The van der Waals surface area contributed by atoms with E-state index < -0.39 is 16.8 Å². The Balaban J connectivity index is 2.31. The maximum atomic E-state index is 11.7. The summed E-state index contributed by atoms with van der Waals surface area (Å²) in [6.07, 6.45) is 3.25. The molecule has 7 nitrogen and oxygen atoms in total. The van der Waals surface area contributed by atoms with Gasteiger partial charge in [-0.15, -0.1) is 11.3 Å². The first-order valence-electron chi connectivity index (χ1n) is 6.79. The number of pyridine rings is 1. The van der Waals surface area contributed by atoms with E-state index in [-0.39, 0.29) is 11.3 Å². The number of thiophene rings is 1. The molecule has 2 aromatic rings. The normalized spacial score (nSPS) is 18.3. The molecule has 0 aromatic carbocycles. The van der Waals surface area contributed by atoms with E-state index >= 15 is 0 Å². The number of hydrogen-bond acceptors (Lipinski definition) is 6. The highest BCUT2D eigenvalue weighted by molar-refractivity contribution is 7.17. The predicted octanol–water partition coefficient (Wildman–Crippen LogP) is 2.85. The first-order chi connectivity index (χ1) is 10.9. The van der Waals surface area contributed by atoms with E-state index in [1.165, 1.54) is 11.3 Å². The van der Waals surface area contributed by atoms with E-state index in [9.17, 15) is 20.0 Å². The van der Waals surface area contributed by atoms with Gasteiger partial charge in [-0.2, -0.15) is 0 Å². The zero-order chi connectivity index (χ0) is 16.7. The number of nitrogens with one attached hydrogen (secondary N) is 1. The predicted molar refractivity (Wildman–Crippen MR) is 85.5 cm³/mol. The fourth-order valence-corrected chi connectivity index (χ4v) is 3.88. The molecule has 0 bridgehead atoms. The average Bonchev–Trinajstić information content (AvgIpc) is 2.89. The largest absolute Gasteiger partial charge is 0.478 e. The van der Waals surface area contributed by atoms with Gasteiger partial charge in [0.15, 0.2) is 0 Å². The zero-order valence-electron chi connectivity index (χ0n) is 12.4. The van der Waals surface area contributed by atoms with Gasteiger partial charge in [0.25, 0.3) is 5.70 Å². The SMILES string of the molecule is CC1=C(C(=O)O)C(c2csc3ccncc23)C([N+](=O)[O-])=C(C)N1. The highest BCUT2D eigenvalue weighted by Gasteiger charge is 2.41. The molecule has 1 aliphatic rings. The summed E-state index contributed by atoms with van der Waals surface area (Å²) < 4.78 is 0.913. The molecule has 0 amide bonds. The molecule has 0 aliphatic carbocycles. The monoisotopic (exact) mass is 331 g/mol. The summed E-state index contributed by atoms with van der Waals surface area (Å²) in [6.45, 7) is 3.20. The van der Waals surface area contributed by atoms with Crippen molar-refractivity contribution in [3.8, 4) is 0 Å². The molecular weight excluding hydrogens is 318 g/mol. The van der Waals surface area contributed by atoms with Gasteiger partial charge in [-0.1, -0.05) is 0 Å². The number of rotatable bonds is 3. The minimum atomic E-state index is -1.17. The number of carbonyl (C=O) groups is 1. The third-order valence-corrected chi connectivity index (χ3v) is 4.85. The molecule has 8 heteroatoms. The molecule has 2 N–H and O–H groups in total. The fraction of sp³-hybridized carbons (Fsp3) is 0.200. The van der Waals surface area contributed by atoms with Gasteiger partial charge in [-0.25, -0.2) is 4.79 Å². The molecule has 118 valence electrons. The summed E-state index contributed by atoms with van der Waals surface area (Å²) in [5.74, 6) is -2.10. The summed E-state index contributed by atoms with van der Waals surface area (Å²) in [7, 11) is 0. The molecule has 3 heterocycles. The number of fused-ring (bicyclic) bond motifs is 1. The van der Waals surface area contributed by atoms with Crippen LogP contribution in [-0.2, 0) is 4.79 Å². The molecule has 0 saturated carbocycles. The number of hydrogen-bond donors (Lipinski definition) is 2. The van der Waals surface area contributed by atoms with Crippen LogP contribution < -0.4 is 5.32 Å². The Hall–Kier alpha value is -2.74. The van der Waals surface area contributed by atoms with E-state index in [0.29, 0.717) is 17.0 Å². The summed E-state index contributed by atoms with van der Waals surface area (Å²) in [6, 6.07) is 1.81. The van der Waals surface area contributed by atoms with Crippen LogP contribution >= 0.6 is 11.3 Å². The maximum absolute atomic E-state index is 11.7. The molecule has 23 heavy (non-hydrogen) atoms. The highest BCUT2D eigenvalue weighted by atomic mass is 32.1. The minimum absolute atomic E-state index is 0.00847. The second-order valence-corrected chi connectivity index (χ2v) is 6.14. The Morgan fingerprint density at radius 3 is 2.83 bits per heavy atom. The number of allylic oxidation sites excluding steroid dienone is 3. The van der Waals surface area contributed by atoms with Crippen molar-refractivity contribution in [1.82, 2.24) is 10.3 Å². The Kier molecular flexibility index (Phi) is 3.61. The van der Waals surface area contributed by atoms with Gasteiger partial charge in [0.1, 0.15) is 5.92 Å². The number of aliphatic carboxylic acids is 1. The van der Waals surface area contributed by atoms with Crippen LogP contribution in [0.1, 0.15) is 25.3 Å². The molecule has 0 saturated heterocycles. The second-order valence-electron chi connectivity index (χ2n) is 5.23. The quantitative estimate of drug-likeness (QED) is 0.662. The Morgan fingerprint density at radius 2 is 2.17 bits per heavy atom. The van der Waals surface area contributed by atoms with E-state index in [0.717, 1.165) is 10.1 Å². The van der Waals surface area contributed by atoms with Crippen molar-refractivity contribution in [2.45, 2.75) is 19.8 Å². The molecular formula is C15H13N3O4S. The smallest absolute Gasteiger partial charge is 0.334 e. The third kappa shape index (κ3) is 2.36. The van der Waals surface area contributed by atoms with Gasteiger partial charge in [0.05, 0.1) is 16.2 Å². The summed E-state index contributed by atoms with van der Waals surface area (Å²) in [5, 5.41) is 26.5. The lowest BCUT2D eigenvalue weighted by Crippen LogP contribution is -2.30. The van der Waals surface area contributed by atoms with Crippen LogP contribution in [0.3, 0.4) is 0 Å². The van der Waals surface area contributed by atoms with Gasteiger partial charge in [0.2, 0.25) is 0 Å². The van der Waals surface area contributed by atoms with Crippen LogP contribution in [-0.4, -0.2) is 21.0 Å². The number of nitro groups is 1. The molecule has 0 spiro atoms. The van der Waals surface area contributed by atoms with Gasteiger partial charge >= 0.3 is 5.97 Å². The first kappa shape index (κ1) is 15.2. The molecule has 1 aliphatic heterocycles. The Morgan fingerprint density at radius 1 is 1.43 bits per heavy atom. The maximum Gasteiger partial charge on any atom is 0.334 e. The summed E-state index contributed by atoms with van der Waals surface area (Å²) >= 11 is 1.42. The van der Waals surface area contributed by atoms with Crippen LogP contribution in [0.2, 0.25) is 0 Å². The van der Waals surface area contributed by atoms with Crippen LogP contribution in [0.5, 0.6) is 0 Å².